The Labute approximate surface area is 174 Å². The van der Waals surface area contributed by atoms with Gasteiger partial charge < -0.3 is 14.8 Å². The maximum absolute atomic E-state index is 13.6. The van der Waals surface area contributed by atoms with E-state index in [1.54, 1.807) is 18.2 Å². The van der Waals surface area contributed by atoms with Crippen LogP contribution in [0, 0.1) is 10.8 Å². The minimum Gasteiger partial charge on any atom is -0.468 e. The molecule has 1 N–H and O–H groups in total. The molecule has 1 aromatic carbocycles. The second-order valence-corrected chi connectivity index (χ2v) is 8.67. The molecule has 2 fully saturated rings. The molecule has 1 aromatic rings. The van der Waals surface area contributed by atoms with Gasteiger partial charge >= 0.3 is 11.9 Å². The molecule has 0 unspecified atom stereocenters. The molecule has 1 saturated heterocycles. The third kappa shape index (κ3) is 2.01. The predicted octanol–water partition coefficient (Wildman–Crippen LogP) is 2.18. The number of hydrogen-bond donors (Lipinski definition) is 1. The molecule has 156 valence electrons. The van der Waals surface area contributed by atoms with E-state index in [-0.39, 0.29) is 18.4 Å². The third-order valence-electron chi connectivity index (χ3n) is 7.52. The Hall–Kier alpha value is -2.93. The van der Waals surface area contributed by atoms with Gasteiger partial charge in [0.15, 0.2) is 5.41 Å². The number of benzene rings is 1. The summed E-state index contributed by atoms with van der Waals surface area (Å²) in [6.45, 7) is 6.93. The number of methoxy groups -OCH3 is 1. The van der Waals surface area contributed by atoms with E-state index in [0.29, 0.717) is 17.9 Å². The topological polar surface area (TPSA) is 84.9 Å². The highest BCUT2D eigenvalue weighted by molar-refractivity contribution is 6.14. The standard InChI is InChI=1S/C23H24N2O5/c1-4-21-8-5-10-25-11-9-22(18(21)25)16-12-15(30-14(2)26)6-7-17(16)24-19(27)23(22,13-21)20(28)29-3/h4-8,12,18H,1,9-11,13H2,2-3H3,(H,24,27)/t18-,21-,22+,23+/m1/s1. The van der Waals surface area contributed by atoms with Gasteiger partial charge in [-0.25, -0.2) is 0 Å². The molecule has 1 spiro atoms. The van der Waals surface area contributed by atoms with E-state index in [1.165, 1.54) is 14.0 Å². The lowest BCUT2D eigenvalue weighted by atomic mass is 9.57. The summed E-state index contributed by atoms with van der Waals surface area (Å²) in [5.74, 6) is -0.902. The average molecular weight is 408 g/mol. The zero-order chi connectivity index (χ0) is 21.3. The van der Waals surface area contributed by atoms with Crippen LogP contribution in [-0.4, -0.2) is 49.0 Å². The Morgan fingerprint density at radius 1 is 1.37 bits per heavy atom. The fraction of sp³-hybridized carbons (Fsp3) is 0.435. The van der Waals surface area contributed by atoms with E-state index in [1.807, 2.05) is 6.08 Å². The monoisotopic (exact) mass is 408 g/mol. The van der Waals surface area contributed by atoms with E-state index in [2.05, 4.69) is 28.9 Å². The van der Waals surface area contributed by atoms with Crippen LogP contribution in [0.25, 0.3) is 0 Å². The Kier molecular flexibility index (Phi) is 3.84. The number of rotatable bonds is 3. The number of ether oxygens (including phenoxy) is 2. The molecule has 1 aliphatic carbocycles. The van der Waals surface area contributed by atoms with Gasteiger partial charge in [0.2, 0.25) is 5.91 Å². The van der Waals surface area contributed by atoms with E-state index < -0.39 is 28.2 Å². The number of nitrogens with one attached hydrogen (secondary N) is 1. The number of carbonyl (C=O) groups excluding carboxylic acids is 3. The predicted molar refractivity (Wildman–Crippen MR) is 109 cm³/mol. The van der Waals surface area contributed by atoms with Crippen LogP contribution in [0.1, 0.15) is 25.3 Å². The zero-order valence-electron chi connectivity index (χ0n) is 17.1. The first-order valence-corrected chi connectivity index (χ1v) is 10.1. The summed E-state index contributed by atoms with van der Waals surface area (Å²) in [4.78, 5) is 40.9. The molecular formula is C23H24N2O5. The quantitative estimate of drug-likeness (QED) is 0.357. The van der Waals surface area contributed by atoms with Crippen molar-refractivity contribution < 1.29 is 23.9 Å². The van der Waals surface area contributed by atoms with E-state index in [9.17, 15) is 14.4 Å². The molecule has 4 atom stereocenters. The summed E-state index contributed by atoms with van der Waals surface area (Å²) in [6, 6.07) is 5.08. The van der Waals surface area contributed by atoms with Crippen molar-refractivity contribution in [3.8, 4) is 5.75 Å². The number of anilines is 1. The Morgan fingerprint density at radius 3 is 2.87 bits per heavy atom. The smallest absolute Gasteiger partial charge is 0.322 e. The van der Waals surface area contributed by atoms with Crippen molar-refractivity contribution in [3.63, 3.8) is 0 Å². The lowest BCUT2D eigenvalue weighted by Crippen LogP contribution is -2.61. The molecule has 7 heteroatoms. The number of fused-ring (bicyclic) bond motifs is 1. The molecule has 0 bridgehead atoms. The number of amides is 1. The Balaban J connectivity index is 1.84. The van der Waals surface area contributed by atoms with Crippen LogP contribution >= 0.6 is 0 Å². The Morgan fingerprint density at radius 2 is 2.17 bits per heavy atom. The normalized spacial score (nSPS) is 35.7. The van der Waals surface area contributed by atoms with E-state index in [0.717, 1.165) is 18.7 Å². The first-order valence-electron chi connectivity index (χ1n) is 10.1. The number of esters is 2. The summed E-state index contributed by atoms with van der Waals surface area (Å²) < 4.78 is 10.6. The van der Waals surface area contributed by atoms with Crippen molar-refractivity contribution in [3.05, 3.63) is 48.6 Å². The molecule has 5 rings (SSSR count). The zero-order valence-corrected chi connectivity index (χ0v) is 17.1. The van der Waals surface area contributed by atoms with E-state index in [4.69, 9.17) is 9.47 Å². The summed E-state index contributed by atoms with van der Waals surface area (Å²) in [7, 11) is 1.33. The number of hydrogen-bond acceptors (Lipinski definition) is 6. The van der Waals surface area contributed by atoms with Crippen LogP contribution in [0.15, 0.2) is 43.0 Å². The van der Waals surface area contributed by atoms with Gasteiger partial charge in [-0.2, -0.15) is 0 Å². The Bertz CT molecular complexity index is 1030. The van der Waals surface area contributed by atoms with Gasteiger partial charge in [-0.3, -0.25) is 19.3 Å². The third-order valence-corrected chi connectivity index (χ3v) is 7.52. The summed E-state index contributed by atoms with van der Waals surface area (Å²) >= 11 is 0. The molecule has 30 heavy (non-hydrogen) atoms. The van der Waals surface area contributed by atoms with Gasteiger partial charge in [-0.1, -0.05) is 18.2 Å². The lowest BCUT2D eigenvalue weighted by Gasteiger charge is -2.48. The van der Waals surface area contributed by atoms with Crippen molar-refractivity contribution in [2.45, 2.75) is 31.2 Å². The molecule has 0 radical (unpaired) electrons. The number of carbonyl (C=O) groups is 3. The fourth-order valence-corrected chi connectivity index (χ4v) is 6.64. The average Bonchev–Trinajstić information content (AvgIpc) is 3.26. The van der Waals surface area contributed by atoms with Crippen LogP contribution in [-0.2, 0) is 24.5 Å². The van der Waals surface area contributed by atoms with Gasteiger partial charge in [0.05, 0.1) is 7.11 Å². The maximum Gasteiger partial charge on any atom is 0.322 e. The second-order valence-electron chi connectivity index (χ2n) is 8.67. The van der Waals surface area contributed by atoms with Crippen LogP contribution in [0.4, 0.5) is 5.69 Å². The number of nitrogens with zero attached hydrogens (tertiary/aromatic N) is 1. The highest BCUT2D eigenvalue weighted by Crippen LogP contribution is 2.71. The minimum absolute atomic E-state index is 0.121. The van der Waals surface area contributed by atoms with Gasteiger partial charge in [-0.15, -0.1) is 6.58 Å². The van der Waals surface area contributed by atoms with Gasteiger partial charge in [0.25, 0.3) is 0 Å². The fourth-order valence-electron chi connectivity index (χ4n) is 6.64. The van der Waals surface area contributed by atoms with Crippen LogP contribution in [0.2, 0.25) is 0 Å². The molecular weight excluding hydrogens is 384 g/mol. The first kappa shape index (κ1) is 19.1. The summed E-state index contributed by atoms with van der Waals surface area (Å²) in [6.07, 6.45) is 6.97. The second kappa shape index (κ2) is 6.04. The highest BCUT2D eigenvalue weighted by atomic mass is 16.5. The maximum atomic E-state index is 13.6. The minimum atomic E-state index is -1.40. The summed E-state index contributed by atoms with van der Waals surface area (Å²) in [5.41, 5.74) is -1.29. The molecule has 3 aliphatic heterocycles. The SMILES string of the molecule is C=C[C@@]12C=CCN3CC[C@]4(c5cc(OC(C)=O)ccc5NC(=O)[C@]4(C(=O)OC)C1)[C@H]32. The molecule has 3 heterocycles. The first-order chi connectivity index (χ1) is 14.3. The van der Waals surface area contributed by atoms with Crippen molar-refractivity contribution in [2.24, 2.45) is 10.8 Å². The largest absolute Gasteiger partial charge is 0.468 e. The molecule has 4 aliphatic rings. The molecule has 1 saturated carbocycles. The molecule has 0 aromatic heterocycles. The van der Waals surface area contributed by atoms with Crippen molar-refractivity contribution in [1.29, 1.82) is 0 Å². The lowest BCUT2D eigenvalue weighted by molar-refractivity contribution is -0.162. The van der Waals surface area contributed by atoms with Gasteiger partial charge in [0, 0.05) is 36.0 Å². The molecule has 7 nitrogen and oxygen atoms in total. The van der Waals surface area contributed by atoms with Crippen molar-refractivity contribution in [1.82, 2.24) is 4.90 Å². The van der Waals surface area contributed by atoms with Gasteiger partial charge in [-0.05, 0) is 43.1 Å². The van der Waals surface area contributed by atoms with Crippen LogP contribution in [0.5, 0.6) is 5.75 Å². The van der Waals surface area contributed by atoms with Crippen LogP contribution in [0.3, 0.4) is 0 Å². The van der Waals surface area contributed by atoms with Crippen molar-refractivity contribution in [2.75, 3.05) is 25.5 Å². The highest BCUT2D eigenvalue weighted by Gasteiger charge is 2.80. The van der Waals surface area contributed by atoms with Crippen LogP contribution < -0.4 is 10.1 Å². The van der Waals surface area contributed by atoms with Gasteiger partial charge in [0.1, 0.15) is 5.75 Å². The van der Waals surface area contributed by atoms with Crippen molar-refractivity contribution >= 4 is 23.5 Å². The molecule has 1 amide bonds. The summed E-state index contributed by atoms with van der Waals surface area (Å²) in [5, 5.41) is 2.94. The van der Waals surface area contributed by atoms with E-state index >= 15 is 0 Å².